The van der Waals surface area contributed by atoms with Gasteiger partial charge in [0.05, 0.1) is 12.0 Å². The number of aliphatic hydroxyl groups is 1. The summed E-state index contributed by atoms with van der Waals surface area (Å²) in [6.07, 6.45) is 2.95. The van der Waals surface area contributed by atoms with E-state index < -0.39 is 12.0 Å². The summed E-state index contributed by atoms with van der Waals surface area (Å²) >= 11 is 0. The second-order valence-corrected chi connectivity index (χ2v) is 9.16. The van der Waals surface area contributed by atoms with Crippen molar-refractivity contribution in [1.29, 1.82) is 0 Å². The molecule has 3 aromatic rings. The molecule has 5 rings (SSSR count). The van der Waals surface area contributed by atoms with Gasteiger partial charge in [0.25, 0.3) is 0 Å². The summed E-state index contributed by atoms with van der Waals surface area (Å²) in [5, 5.41) is 11.8. The molecule has 2 N–H and O–H groups in total. The maximum Gasteiger partial charge on any atom is 0.231 e. The maximum atomic E-state index is 13.4. The molecule has 0 spiro atoms. The standard InChI is InChI=1S/C26H31N3O4/c1-17(30)25-22(28(2)15-18-7-8-23-24(13-18)33-16-32-23)10-12-29(26(25)31)11-9-19-14-27-21-6-4-3-5-20(19)21/h3-8,13-14,17,22,25,27,30H,9-12,15-16H2,1-2H3. The van der Waals surface area contributed by atoms with Crippen molar-refractivity contribution < 1.29 is 19.4 Å². The molecule has 7 nitrogen and oxygen atoms in total. The SMILES string of the molecule is CC(O)C1C(=O)N(CCc2c[nH]c3ccccc23)CCC1N(C)Cc1ccc2c(c1)OCO2. The van der Waals surface area contributed by atoms with Crippen LogP contribution in [0.25, 0.3) is 10.9 Å². The number of rotatable bonds is 7. The molecular weight excluding hydrogens is 418 g/mol. The molecule has 1 aromatic heterocycles. The van der Waals surface area contributed by atoms with Crippen LogP contribution in [0.2, 0.25) is 0 Å². The summed E-state index contributed by atoms with van der Waals surface area (Å²) in [5.41, 5.74) is 3.43. The van der Waals surface area contributed by atoms with Crippen molar-refractivity contribution in [3.63, 3.8) is 0 Å². The number of aliphatic hydroxyl groups excluding tert-OH is 1. The summed E-state index contributed by atoms with van der Waals surface area (Å²) in [6, 6.07) is 14.2. The average Bonchev–Trinajstić information content (AvgIpc) is 3.44. The van der Waals surface area contributed by atoms with Crippen molar-refractivity contribution in [3.05, 3.63) is 59.8 Å². The number of nitrogens with one attached hydrogen (secondary N) is 1. The molecule has 0 radical (unpaired) electrons. The molecule has 2 aliphatic heterocycles. The van der Waals surface area contributed by atoms with E-state index in [4.69, 9.17) is 9.47 Å². The van der Waals surface area contributed by atoms with Crippen LogP contribution in [0.1, 0.15) is 24.5 Å². The number of H-pyrrole nitrogens is 1. The Morgan fingerprint density at radius 2 is 2.03 bits per heavy atom. The number of ether oxygens (including phenoxy) is 2. The Morgan fingerprint density at radius 3 is 2.88 bits per heavy atom. The Kier molecular flexibility index (Phi) is 6.00. The zero-order valence-electron chi connectivity index (χ0n) is 19.2. The minimum absolute atomic E-state index is 0.0211. The Labute approximate surface area is 193 Å². The van der Waals surface area contributed by atoms with E-state index in [0.29, 0.717) is 19.6 Å². The highest BCUT2D eigenvalue weighted by atomic mass is 16.7. The van der Waals surface area contributed by atoms with Gasteiger partial charge in [-0.3, -0.25) is 9.69 Å². The number of aromatic nitrogens is 1. The van der Waals surface area contributed by atoms with Crippen LogP contribution in [0.5, 0.6) is 11.5 Å². The minimum atomic E-state index is -0.711. The zero-order chi connectivity index (χ0) is 22.9. The summed E-state index contributed by atoms with van der Waals surface area (Å²) in [6.45, 7) is 4.01. The van der Waals surface area contributed by atoms with E-state index in [2.05, 4.69) is 22.0 Å². The summed E-state index contributed by atoms with van der Waals surface area (Å²) in [4.78, 5) is 20.8. The first-order chi connectivity index (χ1) is 16.0. The van der Waals surface area contributed by atoms with Gasteiger partial charge in [-0.05, 0) is 56.1 Å². The molecule has 1 saturated heterocycles. The molecule has 3 atom stereocenters. The van der Waals surface area contributed by atoms with Gasteiger partial charge in [0.1, 0.15) is 0 Å². The summed E-state index contributed by atoms with van der Waals surface area (Å²) in [7, 11) is 2.03. The van der Waals surface area contributed by atoms with Crippen molar-refractivity contribution in [2.75, 3.05) is 26.9 Å². The topological polar surface area (TPSA) is 78.0 Å². The fourth-order valence-electron chi connectivity index (χ4n) is 5.24. The quantitative estimate of drug-likeness (QED) is 0.579. The number of amides is 1. The van der Waals surface area contributed by atoms with E-state index in [1.165, 1.54) is 10.9 Å². The van der Waals surface area contributed by atoms with Crippen LogP contribution in [-0.2, 0) is 17.8 Å². The third-order valence-corrected chi connectivity index (χ3v) is 6.99. The predicted octanol–water partition coefficient (Wildman–Crippen LogP) is 3.17. The molecule has 0 bridgehead atoms. The second-order valence-electron chi connectivity index (χ2n) is 9.16. The first-order valence-corrected chi connectivity index (χ1v) is 11.6. The first-order valence-electron chi connectivity index (χ1n) is 11.6. The molecule has 1 amide bonds. The molecule has 174 valence electrons. The number of aromatic amines is 1. The summed E-state index contributed by atoms with van der Waals surface area (Å²) < 4.78 is 10.9. The van der Waals surface area contributed by atoms with Gasteiger partial charge in [-0.25, -0.2) is 0 Å². The fraction of sp³-hybridized carbons (Fsp3) is 0.423. The second kappa shape index (κ2) is 9.08. The highest BCUT2D eigenvalue weighted by molar-refractivity contribution is 5.83. The van der Waals surface area contributed by atoms with Crippen LogP contribution in [0.15, 0.2) is 48.7 Å². The average molecular weight is 450 g/mol. The molecule has 3 unspecified atom stereocenters. The van der Waals surface area contributed by atoms with Crippen LogP contribution in [-0.4, -0.2) is 64.9 Å². The van der Waals surface area contributed by atoms with E-state index >= 15 is 0 Å². The molecule has 33 heavy (non-hydrogen) atoms. The third kappa shape index (κ3) is 4.30. The summed E-state index contributed by atoms with van der Waals surface area (Å²) in [5.74, 6) is 1.12. The van der Waals surface area contributed by atoms with Gasteiger partial charge in [-0.1, -0.05) is 24.3 Å². The van der Waals surface area contributed by atoms with Gasteiger partial charge >= 0.3 is 0 Å². The van der Waals surface area contributed by atoms with Gasteiger partial charge < -0.3 is 24.5 Å². The molecule has 3 heterocycles. The molecule has 0 saturated carbocycles. The normalized spacial score (nSPS) is 21.2. The van der Waals surface area contributed by atoms with E-state index in [1.54, 1.807) is 6.92 Å². The van der Waals surface area contributed by atoms with Gasteiger partial charge in [0.15, 0.2) is 11.5 Å². The van der Waals surface area contributed by atoms with Crippen LogP contribution in [0.4, 0.5) is 0 Å². The number of carbonyl (C=O) groups excluding carboxylic acids is 1. The number of benzene rings is 2. The molecular formula is C26H31N3O4. The molecule has 0 aliphatic carbocycles. The Balaban J connectivity index is 1.25. The van der Waals surface area contributed by atoms with Crippen LogP contribution in [0, 0.1) is 5.92 Å². The molecule has 1 fully saturated rings. The predicted molar refractivity (Wildman–Crippen MR) is 126 cm³/mol. The lowest BCUT2D eigenvalue weighted by Crippen LogP contribution is -2.56. The molecule has 2 aliphatic rings. The highest BCUT2D eigenvalue weighted by Crippen LogP contribution is 2.34. The number of hydrogen-bond donors (Lipinski definition) is 2. The smallest absolute Gasteiger partial charge is 0.231 e. The number of piperidine rings is 1. The van der Waals surface area contributed by atoms with Crippen LogP contribution in [0.3, 0.4) is 0 Å². The monoisotopic (exact) mass is 449 g/mol. The lowest BCUT2D eigenvalue weighted by molar-refractivity contribution is -0.147. The number of hydrogen-bond acceptors (Lipinski definition) is 5. The van der Waals surface area contributed by atoms with E-state index in [-0.39, 0.29) is 18.7 Å². The maximum absolute atomic E-state index is 13.4. The molecule has 2 aromatic carbocycles. The lowest BCUT2D eigenvalue weighted by Gasteiger charge is -2.43. The van der Waals surface area contributed by atoms with Gasteiger partial charge in [-0.15, -0.1) is 0 Å². The Bertz CT molecular complexity index is 1140. The number of likely N-dealkylation sites (tertiary alicyclic amines) is 1. The lowest BCUT2D eigenvalue weighted by atomic mass is 9.85. The molecule has 7 heteroatoms. The number of carbonyl (C=O) groups is 1. The zero-order valence-corrected chi connectivity index (χ0v) is 19.2. The minimum Gasteiger partial charge on any atom is -0.454 e. The van der Waals surface area contributed by atoms with Gasteiger partial charge in [0.2, 0.25) is 12.7 Å². The van der Waals surface area contributed by atoms with Crippen molar-refractivity contribution in [2.24, 2.45) is 5.92 Å². The van der Waals surface area contributed by atoms with E-state index in [1.807, 2.05) is 48.5 Å². The van der Waals surface area contributed by atoms with Crippen molar-refractivity contribution >= 4 is 16.8 Å². The number of fused-ring (bicyclic) bond motifs is 2. The van der Waals surface area contributed by atoms with Crippen LogP contribution >= 0.6 is 0 Å². The van der Waals surface area contributed by atoms with Gasteiger partial charge in [0, 0.05) is 42.8 Å². The fourth-order valence-corrected chi connectivity index (χ4v) is 5.24. The van der Waals surface area contributed by atoms with E-state index in [0.717, 1.165) is 35.4 Å². The third-order valence-electron chi connectivity index (χ3n) is 6.99. The van der Waals surface area contributed by atoms with Crippen LogP contribution < -0.4 is 9.47 Å². The van der Waals surface area contributed by atoms with E-state index in [9.17, 15) is 9.90 Å². The highest BCUT2D eigenvalue weighted by Gasteiger charge is 2.41. The van der Waals surface area contributed by atoms with Crippen molar-refractivity contribution in [2.45, 2.75) is 38.5 Å². The largest absolute Gasteiger partial charge is 0.454 e. The first kappa shape index (κ1) is 21.8. The number of nitrogens with zero attached hydrogens (tertiary/aromatic N) is 2. The Morgan fingerprint density at radius 1 is 1.21 bits per heavy atom. The van der Waals surface area contributed by atoms with Gasteiger partial charge in [-0.2, -0.15) is 0 Å². The Hall–Kier alpha value is -3.03. The van der Waals surface area contributed by atoms with Crippen molar-refractivity contribution in [3.8, 4) is 11.5 Å². The van der Waals surface area contributed by atoms with Crippen molar-refractivity contribution in [1.82, 2.24) is 14.8 Å². The number of para-hydroxylation sites is 1.